The monoisotopic (exact) mass is 366 g/mol. The van der Waals surface area contributed by atoms with Gasteiger partial charge in [0.25, 0.3) is 0 Å². The minimum absolute atomic E-state index is 0.0631. The zero-order valence-electron chi connectivity index (χ0n) is 16.9. The van der Waals surface area contributed by atoms with Crippen molar-refractivity contribution in [1.82, 2.24) is 16.0 Å². The van der Waals surface area contributed by atoms with Crippen LogP contribution in [0.25, 0.3) is 11.1 Å². The third-order valence-electron chi connectivity index (χ3n) is 3.89. The van der Waals surface area contributed by atoms with E-state index in [0.29, 0.717) is 12.5 Å². The molecule has 2 aromatic rings. The van der Waals surface area contributed by atoms with E-state index in [4.69, 9.17) is 0 Å². The van der Waals surface area contributed by atoms with E-state index in [0.717, 1.165) is 5.56 Å². The highest BCUT2D eigenvalue weighted by molar-refractivity contribution is 5.86. The minimum Gasteiger partial charge on any atom is -0.352 e. The Bertz CT molecular complexity index is 806. The summed E-state index contributed by atoms with van der Waals surface area (Å²) < 4.78 is 0. The molecule has 0 heterocycles. The zero-order chi connectivity index (χ0) is 19.9. The van der Waals surface area contributed by atoms with Crippen LogP contribution in [0.2, 0.25) is 0 Å². The highest BCUT2D eigenvalue weighted by atomic mass is 16.2. The fraction of sp³-hybridized carbons (Fsp3) is 0.364. The van der Waals surface area contributed by atoms with Gasteiger partial charge in [-0.15, -0.1) is 0 Å². The summed E-state index contributed by atoms with van der Waals surface area (Å²) in [6.45, 7) is 8.78. The van der Waals surface area contributed by atoms with Gasteiger partial charge in [0.15, 0.2) is 5.96 Å². The number of carbonyl (C=O) groups excluding carboxylic acids is 1. The lowest BCUT2D eigenvalue weighted by Gasteiger charge is -2.21. The number of hydrogen-bond acceptors (Lipinski definition) is 2. The smallest absolute Gasteiger partial charge is 0.239 e. The molecule has 0 fully saturated rings. The minimum atomic E-state index is -0.244. The predicted octanol–water partition coefficient (Wildman–Crippen LogP) is 3.24. The van der Waals surface area contributed by atoms with E-state index in [1.54, 1.807) is 7.05 Å². The number of carbonyl (C=O) groups is 1. The maximum Gasteiger partial charge on any atom is 0.239 e. The normalized spacial score (nSPS) is 11.8. The van der Waals surface area contributed by atoms with Crippen molar-refractivity contribution in [2.24, 2.45) is 4.99 Å². The largest absolute Gasteiger partial charge is 0.352 e. The Balaban J connectivity index is 1.93. The number of hydrogen-bond donors (Lipinski definition) is 3. The van der Waals surface area contributed by atoms with Crippen LogP contribution in [0.15, 0.2) is 53.5 Å². The molecule has 5 heteroatoms. The molecule has 0 bridgehead atoms. The highest BCUT2D eigenvalue weighted by Crippen LogP contribution is 2.21. The van der Waals surface area contributed by atoms with Crippen LogP contribution >= 0.6 is 0 Å². The van der Waals surface area contributed by atoms with Gasteiger partial charge in [0.2, 0.25) is 5.91 Å². The Hall–Kier alpha value is -2.82. The Kier molecular flexibility index (Phi) is 6.99. The zero-order valence-corrected chi connectivity index (χ0v) is 16.9. The molecule has 0 aromatic heterocycles. The fourth-order valence-electron chi connectivity index (χ4n) is 2.72. The van der Waals surface area contributed by atoms with E-state index in [1.807, 2.05) is 20.8 Å². The summed E-state index contributed by atoms with van der Waals surface area (Å²) in [5.74, 6) is 0.534. The van der Waals surface area contributed by atoms with Gasteiger partial charge in [-0.05, 0) is 50.5 Å². The molecule has 1 amide bonds. The third-order valence-corrected chi connectivity index (χ3v) is 3.89. The number of nitrogens with one attached hydrogen (secondary N) is 3. The van der Waals surface area contributed by atoms with Crippen LogP contribution in [-0.2, 0) is 11.3 Å². The lowest BCUT2D eigenvalue weighted by atomic mass is 10.0. The van der Waals surface area contributed by atoms with E-state index in [2.05, 4.69) is 76.4 Å². The van der Waals surface area contributed by atoms with Gasteiger partial charge < -0.3 is 16.0 Å². The molecule has 0 radical (unpaired) electrons. The number of guanidine groups is 1. The van der Waals surface area contributed by atoms with E-state index in [-0.39, 0.29) is 18.0 Å². The van der Waals surface area contributed by atoms with Crippen molar-refractivity contribution in [3.05, 3.63) is 59.7 Å². The van der Waals surface area contributed by atoms with Crippen molar-refractivity contribution < 1.29 is 4.79 Å². The Morgan fingerprint density at radius 3 is 2.30 bits per heavy atom. The lowest BCUT2D eigenvalue weighted by Crippen LogP contribution is -2.48. The van der Waals surface area contributed by atoms with E-state index < -0.39 is 0 Å². The molecule has 2 aromatic carbocycles. The van der Waals surface area contributed by atoms with E-state index >= 15 is 0 Å². The molecule has 0 atom stereocenters. The van der Waals surface area contributed by atoms with Gasteiger partial charge in [-0.2, -0.15) is 0 Å². The number of nitrogens with zero attached hydrogens (tertiary/aromatic N) is 1. The molecule has 0 saturated carbocycles. The summed E-state index contributed by atoms with van der Waals surface area (Å²) in [6.07, 6.45) is 0. The van der Waals surface area contributed by atoms with Crippen molar-refractivity contribution in [1.29, 1.82) is 0 Å². The van der Waals surface area contributed by atoms with Gasteiger partial charge in [-0.1, -0.05) is 48.0 Å². The molecule has 27 heavy (non-hydrogen) atoms. The van der Waals surface area contributed by atoms with Crippen LogP contribution in [0.1, 0.15) is 31.9 Å². The molecule has 0 aliphatic heterocycles. The maximum absolute atomic E-state index is 11.9. The third kappa shape index (κ3) is 7.13. The Labute approximate surface area is 162 Å². The molecular weight excluding hydrogens is 336 g/mol. The summed E-state index contributed by atoms with van der Waals surface area (Å²) in [5.41, 5.74) is 4.54. The van der Waals surface area contributed by atoms with Crippen LogP contribution in [0, 0.1) is 6.92 Å². The van der Waals surface area contributed by atoms with Crippen LogP contribution in [0.4, 0.5) is 0 Å². The van der Waals surface area contributed by atoms with Gasteiger partial charge in [-0.3, -0.25) is 9.79 Å². The Morgan fingerprint density at radius 2 is 1.67 bits per heavy atom. The fourth-order valence-corrected chi connectivity index (χ4v) is 2.72. The first-order valence-corrected chi connectivity index (χ1v) is 9.18. The first-order valence-electron chi connectivity index (χ1n) is 9.18. The average molecular weight is 367 g/mol. The Morgan fingerprint density at radius 1 is 1.00 bits per heavy atom. The highest BCUT2D eigenvalue weighted by Gasteiger charge is 2.13. The molecule has 3 N–H and O–H groups in total. The summed E-state index contributed by atoms with van der Waals surface area (Å²) in [7, 11) is 1.69. The van der Waals surface area contributed by atoms with Gasteiger partial charge in [-0.25, -0.2) is 0 Å². The molecule has 0 saturated heterocycles. The van der Waals surface area contributed by atoms with Crippen molar-refractivity contribution >= 4 is 11.9 Å². The number of aryl methyl sites for hydroxylation is 1. The van der Waals surface area contributed by atoms with Crippen molar-refractivity contribution in [2.45, 2.75) is 39.8 Å². The van der Waals surface area contributed by atoms with Crippen LogP contribution in [-0.4, -0.2) is 31.0 Å². The summed E-state index contributed by atoms with van der Waals surface area (Å²) in [5, 5.41) is 9.21. The summed E-state index contributed by atoms with van der Waals surface area (Å²) >= 11 is 0. The summed E-state index contributed by atoms with van der Waals surface area (Å²) in [6, 6.07) is 16.9. The quantitative estimate of drug-likeness (QED) is 0.562. The van der Waals surface area contributed by atoms with Crippen LogP contribution in [0.3, 0.4) is 0 Å². The molecule has 144 valence electrons. The SMILES string of the molecule is CN=C(NCC(=O)NC(C)(C)C)NCc1cccc(-c2cccc(C)c2)c1. The number of benzene rings is 2. The first kappa shape index (κ1) is 20.5. The molecule has 0 aliphatic carbocycles. The second-order valence-electron chi connectivity index (χ2n) is 7.65. The standard InChI is InChI=1S/C22H30N4O/c1-16-8-6-10-18(12-16)19-11-7-9-17(13-19)14-24-21(23-5)25-15-20(27)26-22(2,3)4/h6-13H,14-15H2,1-5H3,(H,26,27)(H2,23,24,25). The number of amides is 1. The van der Waals surface area contributed by atoms with Crippen molar-refractivity contribution in [3.63, 3.8) is 0 Å². The molecule has 5 nitrogen and oxygen atoms in total. The average Bonchev–Trinajstić information content (AvgIpc) is 2.60. The number of aliphatic imine (C=N–C) groups is 1. The first-order chi connectivity index (χ1) is 12.8. The summed E-state index contributed by atoms with van der Waals surface area (Å²) in [4.78, 5) is 16.1. The van der Waals surface area contributed by atoms with Crippen LogP contribution < -0.4 is 16.0 Å². The topological polar surface area (TPSA) is 65.5 Å². The van der Waals surface area contributed by atoms with Gasteiger partial charge in [0, 0.05) is 19.1 Å². The van der Waals surface area contributed by atoms with E-state index in [1.165, 1.54) is 16.7 Å². The maximum atomic E-state index is 11.9. The van der Waals surface area contributed by atoms with Gasteiger partial charge in [0.1, 0.15) is 0 Å². The molecule has 2 rings (SSSR count). The second-order valence-corrected chi connectivity index (χ2v) is 7.65. The second kappa shape index (κ2) is 9.21. The lowest BCUT2D eigenvalue weighted by molar-refractivity contribution is -0.121. The van der Waals surface area contributed by atoms with Gasteiger partial charge >= 0.3 is 0 Å². The van der Waals surface area contributed by atoms with Crippen molar-refractivity contribution in [2.75, 3.05) is 13.6 Å². The van der Waals surface area contributed by atoms with Crippen LogP contribution in [0.5, 0.6) is 0 Å². The van der Waals surface area contributed by atoms with Gasteiger partial charge in [0.05, 0.1) is 6.54 Å². The molecule has 0 unspecified atom stereocenters. The molecular formula is C22H30N4O. The van der Waals surface area contributed by atoms with Crippen molar-refractivity contribution in [3.8, 4) is 11.1 Å². The van der Waals surface area contributed by atoms with E-state index in [9.17, 15) is 4.79 Å². The molecule has 0 spiro atoms. The molecule has 0 aliphatic rings. The number of rotatable bonds is 5. The predicted molar refractivity (Wildman–Crippen MR) is 113 cm³/mol.